The predicted octanol–water partition coefficient (Wildman–Crippen LogP) is 11.4. The summed E-state index contributed by atoms with van der Waals surface area (Å²) in [4.78, 5) is 0. The highest BCUT2D eigenvalue weighted by Crippen LogP contribution is 2.62. The Bertz CT molecular complexity index is 2550. The second kappa shape index (κ2) is 8.08. The van der Waals surface area contributed by atoms with Crippen LogP contribution in [0.5, 0.6) is 0 Å². The van der Waals surface area contributed by atoms with Crippen LogP contribution in [0.4, 0.5) is 0 Å². The lowest BCUT2D eigenvalue weighted by Gasteiger charge is -2.39. The van der Waals surface area contributed by atoms with Crippen LogP contribution >= 0.6 is 11.3 Å². The first kappa shape index (κ1) is 24.7. The molecule has 1 atom stereocenters. The number of benzene rings is 6. The van der Waals surface area contributed by atoms with Crippen LogP contribution in [0.15, 0.2) is 115 Å². The maximum Gasteiger partial charge on any atom is 0.0754 e. The second-order valence-electron chi connectivity index (χ2n) is 13.8. The number of fused-ring (bicyclic) bond motifs is 16. The van der Waals surface area contributed by atoms with E-state index in [1.807, 2.05) is 11.3 Å². The Morgan fingerprint density at radius 1 is 0.614 bits per heavy atom. The fourth-order valence-corrected chi connectivity index (χ4v) is 9.73. The normalized spacial score (nSPS) is 16.7. The lowest BCUT2D eigenvalue weighted by atomic mass is 9.65. The summed E-state index contributed by atoms with van der Waals surface area (Å²) in [7, 11) is 0. The fraction of sp³-hybridized carbons (Fsp3) is 0.143. The highest BCUT2D eigenvalue weighted by atomic mass is 32.1. The molecule has 1 nitrogen and oxygen atoms in total. The number of hydrogen-bond acceptors (Lipinski definition) is 1. The molecule has 0 bridgehead atoms. The number of thiophene rings is 1. The van der Waals surface area contributed by atoms with Gasteiger partial charge in [-0.25, -0.2) is 0 Å². The van der Waals surface area contributed by atoms with Crippen LogP contribution in [0, 0.1) is 6.92 Å². The second-order valence-corrected chi connectivity index (χ2v) is 14.9. The van der Waals surface area contributed by atoms with Gasteiger partial charge in [-0.3, -0.25) is 0 Å². The summed E-state index contributed by atoms with van der Waals surface area (Å²) in [5, 5.41) is 5.47. The number of aryl methyl sites for hydroxylation is 1. The van der Waals surface area contributed by atoms with Gasteiger partial charge in [-0.2, -0.15) is 0 Å². The van der Waals surface area contributed by atoms with Crippen LogP contribution in [0.2, 0.25) is 0 Å². The molecule has 10 rings (SSSR count). The van der Waals surface area contributed by atoms with Gasteiger partial charge in [0.2, 0.25) is 0 Å². The third-order valence-corrected chi connectivity index (χ3v) is 11.6. The summed E-state index contributed by atoms with van der Waals surface area (Å²) < 4.78 is 5.33. The van der Waals surface area contributed by atoms with E-state index in [4.69, 9.17) is 0 Å². The molecule has 1 aliphatic heterocycles. The quantitative estimate of drug-likeness (QED) is 0.168. The Kier molecular flexibility index (Phi) is 4.54. The largest absolute Gasteiger partial charge is 0.309 e. The van der Waals surface area contributed by atoms with Crippen molar-refractivity contribution in [1.29, 1.82) is 0 Å². The van der Waals surface area contributed by atoms with Gasteiger partial charge in [0.15, 0.2) is 0 Å². The lowest BCUT2D eigenvalue weighted by molar-refractivity contribution is 0.591. The van der Waals surface area contributed by atoms with Crippen molar-refractivity contribution in [3.63, 3.8) is 0 Å². The molecule has 0 saturated carbocycles. The summed E-state index contributed by atoms with van der Waals surface area (Å²) in [6, 6.07) is 44.2. The highest BCUT2D eigenvalue weighted by Gasteiger charge is 2.51. The molecule has 0 saturated heterocycles. The molecule has 2 aliphatic rings. The summed E-state index contributed by atoms with van der Waals surface area (Å²) in [5.41, 5.74) is 14.5. The van der Waals surface area contributed by atoms with Gasteiger partial charge in [-0.15, -0.1) is 11.3 Å². The van der Waals surface area contributed by atoms with Crippen molar-refractivity contribution in [2.75, 3.05) is 0 Å². The first-order valence-electron chi connectivity index (χ1n) is 15.6. The van der Waals surface area contributed by atoms with E-state index in [-0.39, 0.29) is 5.41 Å². The van der Waals surface area contributed by atoms with Gasteiger partial charge in [0.1, 0.15) is 0 Å². The minimum atomic E-state index is -0.415. The van der Waals surface area contributed by atoms with Crippen molar-refractivity contribution >= 4 is 53.3 Å². The Morgan fingerprint density at radius 3 is 2.23 bits per heavy atom. The average molecular weight is 582 g/mol. The molecular weight excluding hydrogens is 551 g/mol. The molecule has 2 heteroatoms. The molecule has 0 amide bonds. The van der Waals surface area contributed by atoms with Gasteiger partial charge in [-0.1, -0.05) is 111 Å². The van der Waals surface area contributed by atoms with Crippen molar-refractivity contribution in [1.82, 2.24) is 4.57 Å². The zero-order valence-corrected chi connectivity index (χ0v) is 26.1. The topological polar surface area (TPSA) is 4.93 Å². The monoisotopic (exact) mass is 581 g/mol. The average Bonchev–Trinajstić information content (AvgIpc) is 3.66. The first-order chi connectivity index (χ1) is 21.4. The van der Waals surface area contributed by atoms with Crippen molar-refractivity contribution in [2.45, 2.75) is 38.5 Å². The van der Waals surface area contributed by atoms with Gasteiger partial charge in [0.05, 0.1) is 22.1 Å². The van der Waals surface area contributed by atoms with Crippen LogP contribution in [-0.4, -0.2) is 4.57 Å². The Hall–Kier alpha value is -4.66. The summed E-state index contributed by atoms with van der Waals surface area (Å²) >= 11 is 1.95. The van der Waals surface area contributed by atoms with E-state index in [2.05, 4.69) is 148 Å². The number of rotatable bonds is 0. The van der Waals surface area contributed by atoms with Crippen LogP contribution in [-0.2, 0) is 10.8 Å². The number of aromatic nitrogens is 1. The van der Waals surface area contributed by atoms with E-state index in [1.54, 1.807) is 0 Å². The van der Waals surface area contributed by atoms with Gasteiger partial charge in [0, 0.05) is 30.9 Å². The summed E-state index contributed by atoms with van der Waals surface area (Å²) in [6.45, 7) is 9.21. The van der Waals surface area contributed by atoms with Crippen molar-refractivity contribution in [3.05, 3.63) is 149 Å². The molecule has 44 heavy (non-hydrogen) atoms. The maximum absolute atomic E-state index is 2.59. The van der Waals surface area contributed by atoms with E-state index in [1.165, 1.54) is 92.2 Å². The predicted molar refractivity (Wildman–Crippen MR) is 188 cm³/mol. The molecule has 2 aromatic heterocycles. The zero-order chi connectivity index (χ0) is 29.5. The van der Waals surface area contributed by atoms with E-state index in [0.717, 1.165) is 0 Å². The molecule has 210 valence electrons. The lowest BCUT2D eigenvalue weighted by Crippen LogP contribution is -2.33. The number of nitrogens with zero attached hydrogens (tertiary/aromatic N) is 1. The molecule has 6 aromatic carbocycles. The molecule has 1 spiro atoms. The minimum Gasteiger partial charge on any atom is -0.309 e. The molecule has 0 fully saturated rings. The van der Waals surface area contributed by atoms with Crippen LogP contribution in [0.3, 0.4) is 0 Å². The maximum atomic E-state index is 2.59. The van der Waals surface area contributed by atoms with E-state index >= 15 is 0 Å². The number of hydrogen-bond donors (Lipinski definition) is 0. The van der Waals surface area contributed by atoms with Gasteiger partial charge >= 0.3 is 0 Å². The van der Waals surface area contributed by atoms with E-state index in [0.29, 0.717) is 0 Å². The van der Waals surface area contributed by atoms with Crippen molar-refractivity contribution < 1.29 is 0 Å². The SMILES string of the molecule is Cc1ccc2c(c1)C1(c3ccccc3-2)c2ccccc2-n2c3ccc(C(C)(C)C)cc3c3c4sc5ccccc5c4cc1c32. The van der Waals surface area contributed by atoms with Crippen LogP contribution in [0.1, 0.15) is 54.2 Å². The zero-order valence-electron chi connectivity index (χ0n) is 25.3. The molecule has 0 radical (unpaired) electrons. The van der Waals surface area contributed by atoms with Crippen molar-refractivity contribution in [2.24, 2.45) is 0 Å². The molecule has 1 aliphatic carbocycles. The van der Waals surface area contributed by atoms with Crippen LogP contribution < -0.4 is 0 Å². The highest BCUT2D eigenvalue weighted by molar-refractivity contribution is 7.26. The molecule has 1 unspecified atom stereocenters. The van der Waals surface area contributed by atoms with E-state index in [9.17, 15) is 0 Å². The van der Waals surface area contributed by atoms with Gasteiger partial charge in [-0.05, 0) is 81.6 Å². The van der Waals surface area contributed by atoms with Crippen LogP contribution in [0.25, 0.3) is 58.8 Å². The van der Waals surface area contributed by atoms with Crippen molar-refractivity contribution in [3.8, 4) is 16.8 Å². The smallest absolute Gasteiger partial charge is 0.0754 e. The molecule has 3 heterocycles. The Balaban J connectivity index is 1.53. The summed E-state index contributed by atoms with van der Waals surface area (Å²) in [5.74, 6) is 0. The molecule has 0 N–H and O–H groups in total. The Morgan fingerprint density at radius 2 is 1.36 bits per heavy atom. The number of para-hydroxylation sites is 1. The minimum absolute atomic E-state index is 0.0552. The third-order valence-electron chi connectivity index (χ3n) is 10.4. The summed E-state index contributed by atoms with van der Waals surface area (Å²) in [6.07, 6.45) is 0. The standard InChI is InChI=1S/C42H31NS/c1-24-17-19-27-26-11-5-7-13-31(26)42(33(27)21-24)32-14-8-9-15-36(32)43-35-20-18-25(41(2,3)4)22-30(35)38-39(43)34(42)23-29-28-12-6-10-16-37(28)44-40(29)38/h5-23H,1-4H3. The van der Waals surface area contributed by atoms with Gasteiger partial charge < -0.3 is 4.57 Å². The Labute approximate surface area is 261 Å². The first-order valence-corrected chi connectivity index (χ1v) is 16.4. The fourth-order valence-electron chi connectivity index (χ4n) is 8.49. The third kappa shape index (κ3) is 2.82. The van der Waals surface area contributed by atoms with E-state index < -0.39 is 5.41 Å². The van der Waals surface area contributed by atoms with Gasteiger partial charge in [0.25, 0.3) is 0 Å². The molecule has 8 aromatic rings. The molecular formula is C42H31NS.